The lowest BCUT2D eigenvalue weighted by atomic mass is 9.99. The molecule has 2 N–H and O–H groups in total. The molecule has 1 amide bonds. The standard InChI is InChI=1S/C19H20ClN5O3S2/c1-12-2-3-14(10-15(12)20)30(27,28)25-8-5-13(6-9-25)19-22-16(11-29-19)18(26)23-17-4-7-21-24-17/h2-4,7,10-11,13H,5-6,8-9H2,1H3,(H2,21,23,24,26). The first-order valence-electron chi connectivity index (χ1n) is 9.37. The molecule has 0 bridgehead atoms. The Balaban J connectivity index is 1.40. The maximum atomic E-state index is 12.9. The van der Waals surface area contributed by atoms with Crippen LogP contribution in [0.2, 0.25) is 5.02 Å². The topological polar surface area (TPSA) is 108 Å². The van der Waals surface area contributed by atoms with E-state index in [1.807, 2.05) is 6.92 Å². The Hall–Kier alpha value is -2.27. The summed E-state index contributed by atoms with van der Waals surface area (Å²) in [5, 5.41) is 12.2. The minimum Gasteiger partial charge on any atom is -0.306 e. The molecule has 1 fully saturated rings. The van der Waals surface area contributed by atoms with E-state index < -0.39 is 10.0 Å². The van der Waals surface area contributed by atoms with E-state index in [-0.39, 0.29) is 16.7 Å². The summed E-state index contributed by atoms with van der Waals surface area (Å²) in [6.07, 6.45) is 2.84. The third kappa shape index (κ3) is 4.27. The maximum absolute atomic E-state index is 12.9. The fourth-order valence-electron chi connectivity index (χ4n) is 3.32. The van der Waals surface area contributed by atoms with Gasteiger partial charge in [-0.2, -0.15) is 9.40 Å². The highest BCUT2D eigenvalue weighted by Gasteiger charge is 2.31. The third-order valence-electron chi connectivity index (χ3n) is 5.09. The van der Waals surface area contributed by atoms with Crippen molar-refractivity contribution in [1.29, 1.82) is 0 Å². The first-order chi connectivity index (χ1) is 14.3. The zero-order chi connectivity index (χ0) is 21.3. The summed E-state index contributed by atoms with van der Waals surface area (Å²) < 4.78 is 27.4. The predicted molar refractivity (Wildman–Crippen MR) is 116 cm³/mol. The second-order valence-electron chi connectivity index (χ2n) is 7.08. The number of nitrogens with one attached hydrogen (secondary N) is 2. The Morgan fingerprint density at radius 1 is 1.30 bits per heavy atom. The molecule has 158 valence electrons. The molecule has 3 aromatic rings. The van der Waals surface area contributed by atoms with Crippen LogP contribution < -0.4 is 5.32 Å². The molecular formula is C19H20ClN5O3S2. The molecule has 3 heterocycles. The van der Waals surface area contributed by atoms with Crippen LogP contribution in [0.15, 0.2) is 40.7 Å². The number of nitrogens with zero attached hydrogens (tertiary/aromatic N) is 3. The third-order valence-corrected chi connectivity index (χ3v) is 8.40. The number of benzene rings is 1. The molecule has 30 heavy (non-hydrogen) atoms. The van der Waals surface area contributed by atoms with Gasteiger partial charge < -0.3 is 5.32 Å². The Bertz CT molecular complexity index is 1150. The Labute approximate surface area is 183 Å². The normalized spacial score (nSPS) is 15.9. The number of hydrogen-bond donors (Lipinski definition) is 2. The number of hydrogen-bond acceptors (Lipinski definition) is 6. The van der Waals surface area contributed by atoms with Gasteiger partial charge in [0.25, 0.3) is 5.91 Å². The number of aryl methyl sites for hydroxylation is 1. The van der Waals surface area contributed by atoms with Gasteiger partial charge in [-0.15, -0.1) is 11.3 Å². The van der Waals surface area contributed by atoms with Gasteiger partial charge in [-0.3, -0.25) is 9.89 Å². The van der Waals surface area contributed by atoms with Crippen LogP contribution >= 0.6 is 22.9 Å². The lowest BCUT2D eigenvalue weighted by molar-refractivity contribution is 0.102. The van der Waals surface area contributed by atoms with Gasteiger partial charge in [0, 0.05) is 35.5 Å². The Morgan fingerprint density at radius 2 is 2.07 bits per heavy atom. The molecule has 1 aliphatic rings. The summed E-state index contributed by atoms with van der Waals surface area (Å²) in [4.78, 5) is 17.0. The van der Waals surface area contributed by atoms with Crippen molar-refractivity contribution in [3.8, 4) is 0 Å². The van der Waals surface area contributed by atoms with Gasteiger partial charge >= 0.3 is 0 Å². The average Bonchev–Trinajstić information content (AvgIpc) is 3.42. The van der Waals surface area contributed by atoms with E-state index in [4.69, 9.17) is 11.6 Å². The molecule has 1 saturated heterocycles. The number of rotatable bonds is 5. The second kappa shape index (κ2) is 8.46. The van der Waals surface area contributed by atoms with Gasteiger partial charge in [-0.1, -0.05) is 17.7 Å². The van der Waals surface area contributed by atoms with E-state index in [0.29, 0.717) is 42.5 Å². The van der Waals surface area contributed by atoms with Crippen molar-refractivity contribution < 1.29 is 13.2 Å². The predicted octanol–water partition coefficient (Wildman–Crippen LogP) is 3.65. The van der Waals surface area contributed by atoms with Crippen LogP contribution in [0, 0.1) is 6.92 Å². The minimum atomic E-state index is -3.59. The molecule has 11 heteroatoms. The van der Waals surface area contributed by atoms with Crippen molar-refractivity contribution >= 4 is 44.7 Å². The smallest absolute Gasteiger partial charge is 0.276 e. The van der Waals surface area contributed by atoms with Gasteiger partial charge in [-0.05, 0) is 37.5 Å². The van der Waals surface area contributed by atoms with Crippen LogP contribution in [-0.2, 0) is 10.0 Å². The molecule has 1 aliphatic heterocycles. The van der Waals surface area contributed by atoms with Gasteiger partial charge in [0.2, 0.25) is 10.0 Å². The van der Waals surface area contributed by atoms with E-state index in [2.05, 4.69) is 20.5 Å². The lowest BCUT2D eigenvalue weighted by Gasteiger charge is -2.30. The maximum Gasteiger partial charge on any atom is 0.276 e. The van der Waals surface area contributed by atoms with Gasteiger partial charge in [0.05, 0.1) is 16.1 Å². The van der Waals surface area contributed by atoms with E-state index in [1.54, 1.807) is 29.8 Å². The summed E-state index contributed by atoms with van der Waals surface area (Å²) in [6.45, 7) is 2.63. The first-order valence-corrected chi connectivity index (χ1v) is 12.1. The highest BCUT2D eigenvalue weighted by molar-refractivity contribution is 7.89. The van der Waals surface area contributed by atoms with Crippen LogP contribution in [0.4, 0.5) is 5.82 Å². The van der Waals surface area contributed by atoms with Crippen molar-refractivity contribution in [3.63, 3.8) is 0 Å². The molecule has 8 nitrogen and oxygen atoms in total. The number of aromatic nitrogens is 3. The quantitative estimate of drug-likeness (QED) is 0.597. The largest absolute Gasteiger partial charge is 0.306 e. The van der Waals surface area contributed by atoms with Gasteiger partial charge in [0.15, 0.2) is 0 Å². The molecule has 0 saturated carbocycles. The number of carbonyl (C=O) groups excluding carboxylic acids is 1. The summed E-state index contributed by atoms with van der Waals surface area (Å²) in [7, 11) is -3.59. The van der Waals surface area contributed by atoms with Crippen LogP contribution in [0.1, 0.15) is 39.8 Å². The lowest BCUT2D eigenvalue weighted by Crippen LogP contribution is -2.37. The molecule has 2 aromatic heterocycles. The molecule has 0 radical (unpaired) electrons. The number of piperidine rings is 1. The highest BCUT2D eigenvalue weighted by Crippen LogP contribution is 2.33. The van der Waals surface area contributed by atoms with Crippen molar-refractivity contribution in [3.05, 3.63) is 57.1 Å². The molecule has 0 atom stereocenters. The van der Waals surface area contributed by atoms with E-state index in [0.717, 1.165) is 10.6 Å². The van der Waals surface area contributed by atoms with Crippen molar-refractivity contribution in [2.45, 2.75) is 30.6 Å². The number of H-pyrrole nitrogens is 1. The summed E-state index contributed by atoms with van der Waals surface area (Å²) >= 11 is 7.53. The Kier molecular flexibility index (Phi) is 5.92. The Morgan fingerprint density at radius 3 is 2.73 bits per heavy atom. The van der Waals surface area contributed by atoms with Gasteiger partial charge in [-0.25, -0.2) is 13.4 Å². The van der Waals surface area contributed by atoms with E-state index in [1.165, 1.54) is 21.7 Å². The van der Waals surface area contributed by atoms with Crippen molar-refractivity contribution in [1.82, 2.24) is 19.5 Å². The molecular weight excluding hydrogens is 446 g/mol. The number of carbonyl (C=O) groups is 1. The molecule has 0 aliphatic carbocycles. The van der Waals surface area contributed by atoms with Crippen LogP contribution in [0.5, 0.6) is 0 Å². The van der Waals surface area contributed by atoms with Crippen LogP contribution in [-0.4, -0.2) is 46.9 Å². The highest BCUT2D eigenvalue weighted by atomic mass is 35.5. The number of aromatic amines is 1. The number of halogens is 1. The number of anilines is 1. The van der Waals surface area contributed by atoms with Crippen LogP contribution in [0.25, 0.3) is 0 Å². The average molecular weight is 466 g/mol. The van der Waals surface area contributed by atoms with Gasteiger partial charge in [0.1, 0.15) is 11.5 Å². The molecule has 0 unspecified atom stereocenters. The minimum absolute atomic E-state index is 0.122. The number of thiazole rings is 1. The SMILES string of the molecule is Cc1ccc(S(=O)(=O)N2CCC(c3nc(C(=O)Nc4ccn[nH]4)cs3)CC2)cc1Cl. The summed E-state index contributed by atoms with van der Waals surface area (Å²) in [5.74, 6) is 0.319. The van der Waals surface area contributed by atoms with E-state index >= 15 is 0 Å². The fourth-order valence-corrected chi connectivity index (χ4v) is 6.03. The number of amides is 1. The monoisotopic (exact) mass is 465 g/mol. The van der Waals surface area contributed by atoms with Crippen LogP contribution in [0.3, 0.4) is 0 Å². The van der Waals surface area contributed by atoms with E-state index in [9.17, 15) is 13.2 Å². The zero-order valence-corrected chi connectivity index (χ0v) is 18.5. The summed E-state index contributed by atoms with van der Waals surface area (Å²) in [6, 6.07) is 6.47. The summed E-state index contributed by atoms with van der Waals surface area (Å²) in [5.41, 5.74) is 1.18. The second-order valence-corrected chi connectivity index (χ2v) is 10.3. The molecule has 0 spiro atoms. The van der Waals surface area contributed by atoms with Crippen molar-refractivity contribution in [2.75, 3.05) is 18.4 Å². The van der Waals surface area contributed by atoms with Crippen molar-refractivity contribution in [2.24, 2.45) is 0 Å². The molecule has 1 aromatic carbocycles. The number of sulfonamides is 1. The molecule has 4 rings (SSSR count). The fraction of sp³-hybridized carbons (Fsp3) is 0.316. The zero-order valence-electron chi connectivity index (χ0n) is 16.1. The first kappa shape index (κ1) is 21.0.